The molecule has 1 unspecified atom stereocenters. The predicted octanol–water partition coefficient (Wildman–Crippen LogP) is 3.42. The minimum absolute atomic E-state index is 0.0495. The SMILES string of the molecule is N#Cc1cc(F)ccc1NCC1OCCc2ccccc21. The Balaban J connectivity index is 1.76. The fraction of sp³-hybridized carbons (Fsp3) is 0.235. The normalized spacial score (nSPS) is 16.9. The standard InChI is InChI=1S/C17H15FN2O/c18-14-5-6-16(13(9-14)10-19)20-11-17-15-4-2-1-3-12(15)7-8-21-17/h1-6,9,17,20H,7-8,11H2. The van der Waals surface area contributed by atoms with E-state index in [2.05, 4.69) is 17.4 Å². The minimum atomic E-state index is -0.406. The molecule has 0 saturated heterocycles. The van der Waals surface area contributed by atoms with Crippen molar-refractivity contribution in [2.75, 3.05) is 18.5 Å². The quantitative estimate of drug-likeness (QED) is 0.938. The maximum atomic E-state index is 13.1. The first-order valence-electron chi connectivity index (χ1n) is 6.91. The third kappa shape index (κ3) is 2.88. The van der Waals surface area contributed by atoms with Crippen molar-refractivity contribution in [1.29, 1.82) is 5.26 Å². The Labute approximate surface area is 123 Å². The van der Waals surface area contributed by atoms with Gasteiger partial charge in [-0.3, -0.25) is 0 Å². The van der Waals surface area contributed by atoms with Crippen LogP contribution in [0.5, 0.6) is 0 Å². The molecule has 0 saturated carbocycles. The molecule has 21 heavy (non-hydrogen) atoms. The molecule has 4 heteroatoms. The van der Waals surface area contributed by atoms with Crippen LogP contribution in [0, 0.1) is 17.1 Å². The lowest BCUT2D eigenvalue weighted by atomic mass is 9.97. The zero-order valence-corrected chi connectivity index (χ0v) is 11.5. The van der Waals surface area contributed by atoms with E-state index in [9.17, 15) is 4.39 Å². The Hall–Kier alpha value is -2.38. The van der Waals surface area contributed by atoms with Gasteiger partial charge < -0.3 is 10.1 Å². The van der Waals surface area contributed by atoms with Crippen LogP contribution >= 0.6 is 0 Å². The van der Waals surface area contributed by atoms with Crippen molar-refractivity contribution in [3.63, 3.8) is 0 Å². The van der Waals surface area contributed by atoms with E-state index < -0.39 is 5.82 Å². The van der Waals surface area contributed by atoms with Crippen molar-refractivity contribution in [3.05, 3.63) is 65.0 Å². The number of anilines is 1. The summed E-state index contributed by atoms with van der Waals surface area (Å²) in [7, 11) is 0. The van der Waals surface area contributed by atoms with Gasteiger partial charge in [-0.15, -0.1) is 0 Å². The maximum Gasteiger partial charge on any atom is 0.124 e. The summed E-state index contributed by atoms with van der Waals surface area (Å²) in [6.45, 7) is 1.25. The lowest BCUT2D eigenvalue weighted by Crippen LogP contribution is -2.23. The molecule has 1 aliphatic heterocycles. The van der Waals surface area contributed by atoms with E-state index >= 15 is 0 Å². The minimum Gasteiger partial charge on any atom is -0.381 e. The molecule has 1 aliphatic rings. The highest BCUT2D eigenvalue weighted by Gasteiger charge is 2.20. The van der Waals surface area contributed by atoms with Crippen LogP contribution in [0.4, 0.5) is 10.1 Å². The summed E-state index contributed by atoms with van der Waals surface area (Å²) in [5.74, 6) is -0.406. The summed E-state index contributed by atoms with van der Waals surface area (Å²) in [5, 5.41) is 12.2. The summed E-state index contributed by atoms with van der Waals surface area (Å²) in [6.07, 6.45) is 0.874. The van der Waals surface area contributed by atoms with Crippen LogP contribution in [0.15, 0.2) is 42.5 Å². The second-order valence-electron chi connectivity index (χ2n) is 4.99. The molecule has 0 fully saturated rings. The lowest BCUT2D eigenvalue weighted by molar-refractivity contribution is 0.0513. The summed E-state index contributed by atoms with van der Waals surface area (Å²) in [6, 6.07) is 14.4. The molecule has 0 bridgehead atoms. The second kappa shape index (κ2) is 5.94. The molecule has 0 aliphatic carbocycles. The van der Waals surface area contributed by atoms with E-state index in [1.54, 1.807) is 6.07 Å². The van der Waals surface area contributed by atoms with Gasteiger partial charge in [0.1, 0.15) is 11.9 Å². The predicted molar refractivity (Wildman–Crippen MR) is 78.4 cm³/mol. The number of ether oxygens (including phenoxy) is 1. The van der Waals surface area contributed by atoms with Crippen LogP contribution in [-0.4, -0.2) is 13.2 Å². The Morgan fingerprint density at radius 1 is 1.29 bits per heavy atom. The van der Waals surface area contributed by atoms with Crippen molar-refractivity contribution in [1.82, 2.24) is 0 Å². The summed E-state index contributed by atoms with van der Waals surface area (Å²) in [4.78, 5) is 0. The number of halogens is 1. The largest absolute Gasteiger partial charge is 0.381 e. The first-order valence-corrected chi connectivity index (χ1v) is 6.91. The molecule has 3 nitrogen and oxygen atoms in total. The maximum absolute atomic E-state index is 13.1. The highest BCUT2D eigenvalue weighted by atomic mass is 19.1. The average molecular weight is 282 g/mol. The molecule has 0 spiro atoms. The molecule has 0 amide bonds. The number of fused-ring (bicyclic) bond motifs is 1. The second-order valence-corrected chi connectivity index (χ2v) is 4.99. The number of nitrogens with zero attached hydrogens (tertiary/aromatic N) is 1. The number of hydrogen-bond acceptors (Lipinski definition) is 3. The Morgan fingerprint density at radius 2 is 2.14 bits per heavy atom. The number of rotatable bonds is 3. The van der Waals surface area contributed by atoms with Gasteiger partial charge in [-0.1, -0.05) is 24.3 Å². The summed E-state index contributed by atoms with van der Waals surface area (Å²) in [5.41, 5.74) is 3.41. The number of nitrogens with one attached hydrogen (secondary N) is 1. The van der Waals surface area contributed by atoms with E-state index in [-0.39, 0.29) is 6.10 Å². The van der Waals surface area contributed by atoms with Gasteiger partial charge in [0.15, 0.2) is 0 Å². The van der Waals surface area contributed by atoms with Crippen LogP contribution in [0.2, 0.25) is 0 Å². The van der Waals surface area contributed by atoms with Crippen molar-refractivity contribution < 1.29 is 9.13 Å². The van der Waals surface area contributed by atoms with Gasteiger partial charge in [-0.2, -0.15) is 5.26 Å². The zero-order chi connectivity index (χ0) is 14.7. The molecule has 0 radical (unpaired) electrons. The number of hydrogen-bond donors (Lipinski definition) is 1. The van der Waals surface area contributed by atoms with Gasteiger partial charge in [0.25, 0.3) is 0 Å². The third-order valence-corrected chi connectivity index (χ3v) is 3.67. The molecule has 0 aromatic heterocycles. The van der Waals surface area contributed by atoms with E-state index in [0.717, 1.165) is 6.42 Å². The zero-order valence-electron chi connectivity index (χ0n) is 11.5. The highest BCUT2D eigenvalue weighted by molar-refractivity contribution is 5.57. The van der Waals surface area contributed by atoms with Gasteiger partial charge in [-0.05, 0) is 35.7 Å². The highest BCUT2D eigenvalue weighted by Crippen LogP contribution is 2.27. The Bertz CT molecular complexity index is 693. The third-order valence-electron chi connectivity index (χ3n) is 3.67. The van der Waals surface area contributed by atoms with Crippen LogP contribution in [0.1, 0.15) is 22.8 Å². The molecule has 2 aromatic carbocycles. The monoisotopic (exact) mass is 282 g/mol. The first kappa shape index (κ1) is 13.6. The summed E-state index contributed by atoms with van der Waals surface area (Å²) >= 11 is 0. The molecule has 1 atom stereocenters. The molecular weight excluding hydrogens is 267 g/mol. The molecule has 1 heterocycles. The van der Waals surface area contributed by atoms with Crippen LogP contribution in [0.25, 0.3) is 0 Å². The fourth-order valence-electron chi connectivity index (χ4n) is 2.61. The van der Waals surface area contributed by atoms with Gasteiger partial charge in [0, 0.05) is 6.54 Å². The van der Waals surface area contributed by atoms with Gasteiger partial charge in [-0.25, -0.2) is 4.39 Å². The number of benzene rings is 2. The Morgan fingerprint density at radius 3 is 3.00 bits per heavy atom. The fourth-order valence-corrected chi connectivity index (χ4v) is 2.61. The van der Waals surface area contributed by atoms with E-state index in [4.69, 9.17) is 10.00 Å². The molecule has 3 rings (SSSR count). The molecule has 2 aromatic rings. The van der Waals surface area contributed by atoms with Gasteiger partial charge in [0.05, 0.1) is 24.0 Å². The van der Waals surface area contributed by atoms with Crippen LogP contribution < -0.4 is 5.32 Å². The molecular formula is C17H15FN2O. The van der Waals surface area contributed by atoms with E-state index in [0.29, 0.717) is 24.4 Å². The van der Waals surface area contributed by atoms with Crippen LogP contribution in [0.3, 0.4) is 0 Å². The smallest absolute Gasteiger partial charge is 0.124 e. The van der Waals surface area contributed by atoms with Gasteiger partial charge >= 0.3 is 0 Å². The van der Waals surface area contributed by atoms with Gasteiger partial charge in [0.2, 0.25) is 0 Å². The average Bonchev–Trinajstić information content (AvgIpc) is 2.53. The van der Waals surface area contributed by atoms with Crippen LogP contribution in [-0.2, 0) is 11.2 Å². The molecule has 106 valence electrons. The topological polar surface area (TPSA) is 45.0 Å². The van der Waals surface area contributed by atoms with Crippen molar-refractivity contribution in [3.8, 4) is 6.07 Å². The molecule has 1 N–H and O–H groups in total. The Kier molecular flexibility index (Phi) is 3.85. The van der Waals surface area contributed by atoms with E-state index in [1.807, 2.05) is 18.2 Å². The van der Waals surface area contributed by atoms with Crippen molar-refractivity contribution in [2.24, 2.45) is 0 Å². The van der Waals surface area contributed by atoms with Crippen molar-refractivity contribution in [2.45, 2.75) is 12.5 Å². The first-order chi connectivity index (χ1) is 10.3. The summed E-state index contributed by atoms with van der Waals surface area (Å²) < 4.78 is 18.9. The van der Waals surface area contributed by atoms with Crippen molar-refractivity contribution >= 4 is 5.69 Å². The van der Waals surface area contributed by atoms with E-state index in [1.165, 1.54) is 23.3 Å². The lowest BCUT2D eigenvalue weighted by Gasteiger charge is -2.26. The number of nitriles is 1.